The molecule has 7 nitrogen and oxygen atoms in total. The molecule has 0 saturated heterocycles. The highest BCUT2D eigenvalue weighted by atomic mass is 35.7. The molecular formula is C15H20ClNO6S. The van der Waals surface area contributed by atoms with Crippen molar-refractivity contribution in [1.82, 2.24) is 5.32 Å². The molecule has 0 aliphatic rings. The highest BCUT2D eigenvalue weighted by molar-refractivity contribution is 8.13. The molecule has 0 saturated carbocycles. The summed E-state index contributed by atoms with van der Waals surface area (Å²) in [6.45, 7) is 4.82. The number of esters is 1. The molecule has 0 spiro atoms. The van der Waals surface area contributed by atoms with E-state index in [2.05, 4.69) is 5.32 Å². The molecule has 9 heteroatoms. The van der Waals surface area contributed by atoms with Gasteiger partial charge in [-0.2, -0.15) is 0 Å². The number of halogens is 1. The normalized spacial score (nSPS) is 13.0. The van der Waals surface area contributed by atoms with E-state index in [4.69, 9.17) is 20.2 Å². The molecule has 1 amide bonds. The Balaban J connectivity index is 2.69. The molecule has 0 fully saturated rings. The topological polar surface area (TPSA) is 98.8 Å². The third kappa shape index (κ3) is 8.73. The van der Waals surface area contributed by atoms with Gasteiger partial charge in [-0.1, -0.05) is 30.3 Å². The fourth-order valence-electron chi connectivity index (χ4n) is 1.65. The summed E-state index contributed by atoms with van der Waals surface area (Å²) in [6, 6.07) is 7.41. The number of hydrogen-bond acceptors (Lipinski definition) is 6. The monoisotopic (exact) mass is 377 g/mol. The van der Waals surface area contributed by atoms with E-state index in [0.717, 1.165) is 5.56 Å². The number of benzene rings is 1. The summed E-state index contributed by atoms with van der Waals surface area (Å²) in [5, 5.41) is 2.17. The molecule has 0 radical (unpaired) electrons. The van der Waals surface area contributed by atoms with Crippen LogP contribution in [-0.4, -0.2) is 37.9 Å². The lowest BCUT2D eigenvalue weighted by molar-refractivity contribution is -0.156. The predicted molar refractivity (Wildman–Crippen MR) is 89.0 cm³/mol. The van der Waals surface area contributed by atoms with Crippen LogP contribution in [0.1, 0.15) is 26.3 Å². The Kier molecular flexibility index (Phi) is 7.04. The van der Waals surface area contributed by atoms with Crippen molar-refractivity contribution >= 4 is 31.8 Å². The molecule has 0 bridgehead atoms. The first-order valence-electron chi connectivity index (χ1n) is 7.09. The zero-order valence-electron chi connectivity index (χ0n) is 13.6. The number of rotatable bonds is 6. The number of alkyl carbamates (subject to hydrolysis) is 1. The molecule has 1 aromatic carbocycles. The van der Waals surface area contributed by atoms with Crippen LogP contribution in [0.4, 0.5) is 4.79 Å². The highest BCUT2D eigenvalue weighted by Gasteiger charge is 2.31. The van der Waals surface area contributed by atoms with Crippen LogP contribution in [0.15, 0.2) is 30.3 Å². The van der Waals surface area contributed by atoms with E-state index in [0.29, 0.717) is 0 Å². The second-order valence-electron chi connectivity index (χ2n) is 6.00. The van der Waals surface area contributed by atoms with Gasteiger partial charge in [-0.25, -0.2) is 18.0 Å². The van der Waals surface area contributed by atoms with Crippen LogP contribution < -0.4 is 5.32 Å². The summed E-state index contributed by atoms with van der Waals surface area (Å²) >= 11 is 0. The van der Waals surface area contributed by atoms with Gasteiger partial charge in [-0.05, 0) is 26.3 Å². The zero-order valence-corrected chi connectivity index (χ0v) is 15.2. The Hall–Kier alpha value is -1.80. The van der Waals surface area contributed by atoms with Gasteiger partial charge in [-0.3, -0.25) is 0 Å². The maximum atomic E-state index is 12.0. The molecular weight excluding hydrogens is 358 g/mol. The van der Waals surface area contributed by atoms with E-state index in [-0.39, 0.29) is 6.61 Å². The molecule has 0 aliphatic carbocycles. The van der Waals surface area contributed by atoms with E-state index in [1.807, 2.05) is 6.07 Å². The zero-order chi connectivity index (χ0) is 18.4. The summed E-state index contributed by atoms with van der Waals surface area (Å²) in [6.07, 6.45) is -0.949. The van der Waals surface area contributed by atoms with Crippen LogP contribution >= 0.6 is 10.7 Å². The summed E-state index contributed by atoms with van der Waals surface area (Å²) in [5.74, 6) is -1.72. The van der Waals surface area contributed by atoms with Crippen molar-refractivity contribution in [3.05, 3.63) is 35.9 Å². The van der Waals surface area contributed by atoms with Crippen molar-refractivity contribution in [3.63, 3.8) is 0 Å². The number of carbonyl (C=O) groups excluding carboxylic acids is 2. The number of carbonyl (C=O) groups is 2. The third-order valence-corrected chi connectivity index (χ3v) is 3.67. The Bertz CT molecular complexity index is 669. The summed E-state index contributed by atoms with van der Waals surface area (Å²) < 4.78 is 32.5. The SMILES string of the molecule is CC(C)(C)OC(=O)[C@H](CS(=O)(=O)Cl)NC(=O)OCc1ccccc1. The molecule has 1 rings (SSSR count). The summed E-state index contributed by atoms with van der Waals surface area (Å²) in [7, 11) is 1.14. The lowest BCUT2D eigenvalue weighted by atomic mass is 10.2. The molecule has 1 N–H and O–H groups in total. The third-order valence-electron chi connectivity index (χ3n) is 2.56. The van der Waals surface area contributed by atoms with Gasteiger partial charge in [0.1, 0.15) is 18.2 Å². The van der Waals surface area contributed by atoms with Crippen LogP contribution in [0.2, 0.25) is 0 Å². The lowest BCUT2D eigenvalue weighted by Gasteiger charge is -2.23. The Morgan fingerprint density at radius 2 is 1.79 bits per heavy atom. The number of hydrogen-bond donors (Lipinski definition) is 1. The van der Waals surface area contributed by atoms with E-state index in [1.54, 1.807) is 45.0 Å². The van der Waals surface area contributed by atoms with E-state index in [9.17, 15) is 18.0 Å². The summed E-state index contributed by atoms with van der Waals surface area (Å²) in [5.41, 5.74) is -0.104. The van der Waals surface area contributed by atoms with Gasteiger partial charge in [-0.15, -0.1) is 0 Å². The van der Waals surface area contributed by atoms with Crippen LogP contribution in [0.5, 0.6) is 0 Å². The molecule has 1 aromatic rings. The van der Waals surface area contributed by atoms with Crippen molar-refractivity contribution in [2.45, 2.75) is 39.0 Å². The van der Waals surface area contributed by atoms with E-state index in [1.165, 1.54) is 0 Å². The van der Waals surface area contributed by atoms with Crippen molar-refractivity contribution in [1.29, 1.82) is 0 Å². The smallest absolute Gasteiger partial charge is 0.408 e. The van der Waals surface area contributed by atoms with Crippen LogP contribution in [0, 0.1) is 0 Å². The molecule has 0 unspecified atom stereocenters. The maximum absolute atomic E-state index is 12.0. The largest absolute Gasteiger partial charge is 0.458 e. The van der Waals surface area contributed by atoms with Gasteiger partial charge >= 0.3 is 12.1 Å². The molecule has 24 heavy (non-hydrogen) atoms. The predicted octanol–water partition coefficient (Wildman–Crippen LogP) is 2.19. The number of amides is 1. The van der Waals surface area contributed by atoms with Gasteiger partial charge in [0, 0.05) is 10.7 Å². The van der Waals surface area contributed by atoms with Crippen LogP contribution in [0.25, 0.3) is 0 Å². The van der Waals surface area contributed by atoms with Crippen LogP contribution in [-0.2, 0) is 29.9 Å². The quantitative estimate of drug-likeness (QED) is 0.602. The fraction of sp³-hybridized carbons (Fsp3) is 0.467. The van der Waals surface area contributed by atoms with Gasteiger partial charge in [0.05, 0.1) is 5.75 Å². The number of nitrogens with one attached hydrogen (secondary N) is 1. The maximum Gasteiger partial charge on any atom is 0.408 e. The summed E-state index contributed by atoms with van der Waals surface area (Å²) in [4.78, 5) is 23.8. The van der Waals surface area contributed by atoms with Gasteiger partial charge in [0.2, 0.25) is 9.05 Å². The van der Waals surface area contributed by atoms with Crippen LogP contribution in [0.3, 0.4) is 0 Å². The van der Waals surface area contributed by atoms with Gasteiger partial charge in [0.25, 0.3) is 0 Å². The fourth-order valence-corrected chi connectivity index (χ4v) is 2.64. The van der Waals surface area contributed by atoms with E-state index < -0.39 is 38.5 Å². The Morgan fingerprint density at radius 1 is 1.21 bits per heavy atom. The molecule has 0 heterocycles. The lowest BCUT2D eigenvalue weighted by Crippen LogP contribution is -2.47. The minimum atomic E-state index is -4.04. The van der Waals surface area contributed by atoms with Crippen molar-refractivity contribution < 1.29 is 27.5 Å². The second kappa shape index (κ2) is 8.34. The molecule has 0 aliphatic heterocycles. The second-order valence-corrected chi connectivity index (χ2v) is 8.82. The average molecular weight is 378 g/mol. The first-order valence-corrected chi connectivity index (χ1v) is 9.56. The molecule has 1 atom stereocenters. The first kappa shape index (κ1) is 20.2. The average Bonchev–Trinajstić information content (AvgIpc) is 2.42. The Morgan fingerprint density at radius 3 is 2.29 bits per heavy atom. The molecule has 0 aromatic heterocycles. The first-order chi connectivity index (χ1) is 11.0. The molecule has 134 valence electrons. The van der Waals surface area contributed by atoms with E-state index >= 15 is 0 Å². The van der Waals surface area contributed by atoms with Gasteiger partial charge in [0.15, 0.2) is 0 Å². The standard InChI is InChI=1S/C15H20ClNO6S/c1-15(2,3)23-13(18)12(10-24(16,20)21)17-14(19)22-9-11-7-5-4-6-8-11/h4-8,12H,9-10H2,1-3H3,(H,17,19)/t12-/m0/s1. The number of ether oxygens (including phenoxy) is 2. The highest BCUT2D eigenvalue weighted by Crippen LogP contribution is 2.11. The van der Waals surface area contributed by atoms with Gasteiger partial charge < -0.3 is 14.8 Å². The minimum absolute atomic E-state index is 0.0265. The Labute approximate surface area is 145 Å². The van der Waals surface area contributed by atoms with Crippen molar-refractivity contribution in [3.8, 4) is 0 Å². The van der Waals surface area contributed by atoms with Crippen molar-refractivity contribution in [2.24, 2.45) is 0 Å². The van der Waals surface area contributed by atoms with Crippen molar-refractivity contribution in [2.75, 3.05) is 5.75 Å². The minimum Gasteiger partial charge on any atom is -0.458 e.